The summed E-state index contributed by atoms with van der Waals surface area (Å²) in [5, 5.41) is 3.57. The van der Waals surface area contributed by atoms with Gasteiger partial charge in [0.1, 0.15) is 5.75 Å². The molecule has 0 saturated carbocycles. The highest BCUT2D eigenvalue weighted by Gasteiger charge is 2.25. The summed E-state index contributed by atoms with van der Waals surface area (Å²) in [6.45, 7) is 9.05. The molecule has 166 valence electrons. The topological polar surface area (TPSA) is 61.9 Å². The van der Waals surface area contributed by atoms with Crippen molar-refractivity contribution in [1.29, 1.82) is 0 Å². The van der Waals surface area contributed by atoms with E-state index < -0.39 is 0 Å². The maximum absolute atomic E-state index is 12.9. The van der Waals surface area contributed by atoms with Gasteiger partial charge in [-0.2, -0.15) is 0 Å². The van der Waals surface area contributed by atoms with Crippen LogP contribution in [0, 0.1) is 5.92 Å². The molecule has 0 spiro atoms. The van der Waals surface area contributed by atoms with Crippen LogP contribution in [0.1, 0.15) is 37.6 Å². The molecule has 0 aliphatic carbocycles. The molecular weight excluding hydrogens is 414 g/mol. The molecule has 0 aromatic heterocycles. The summed E-state index contributed by atoms with van der Waals surface area (Å²) < 4.78 is 5.64. The molecule has 0 radical (unpaired) electrons. The molecule has 7 heteroatoms. The summed E-state index contributed by atoms with van der Waals surface area (Å²) in [6, 6.07) is 12.6. The summed E-state index contributed by atoms with van der Waals surface area (Å²) in [7, 11) is 0. The molecular formula is C24H30ClN3O3. The van der Waals surface area contributed by atoms with Gasteiger partial charge >= 0.3 is 0 Å². The molecule has 1 aliphatic heterocycles. The van der Waals surface area contributed by atoms with Crippen LogP contribution in [0.2, 0.25) is 5.02 Å². The Morgan fingerprint density at radius 3 is 2.48 bits per heavy atom. The van der Waals surface area contributed by atoms with Crippen molar-refractivity contribution in [3.8, 4) is 5.75 Å². The fourth-order valence-corrected chi connectivity index (χ4v) is 3.89. The predicted octanol–water partition coefficient (Wildman–Crippen LogP) is 4.69. The standard InChI is InChI=1S/C24H30ClN3O3/c1-4-15-31-19-8-5-7-18(16-19)23(29)26-21-10-6-9-20(25)22(21)27-11-13-28(14-12-27)24(30)17(2)3/h5-10,16-17H,4,11-15H2,1-3H3,(H,26,29). The Kier molecular flexibility index (Phi) is 7.80. The molecule has 2 aromatic carbocycles. The number of benzene rings is 2. The fraction of sp³-hybridized carbons (Fsp3) is 0.417. The minimum atomic E-state index is -0.223. The largest absolute Gasteiger partial charge is 0.494 e. The van der Waals surface area contributed by atoms with Crippen LogP contribution in [-0.2, 0) is 4.79 Å². The summed E-state index contributed by atoms with van der Waals surface area (Å²) in [4.78, 5) is 29.2. The molecule has 0 bridgehead atoms. The van der Waals surface area contributed by atoms with Crippen LogP contribution in [0.3, 0.4) is 0 Å². The maximum Gasteiger partial charge on any atom is 0.255 e. The van der Waals surface area contributed by atoms with Gasteiger partial charge in [0.2, 0.25) is 5.91 Å². The van der Waals surface area contributed by atoms with E-state index in [9.17, 15) is 9.59 Å². The first-order chi connectivity index (χ1) is 14.9. The zero-order chi connectivity index (χ0) is 22.4. The van der Waals surface area contributed by atoms with Gasteiger partial charge in [-0.05, 0) is 36.8 Å². The SMILES string of the molecule is CCCOc1cccc(C(=O)Nc2cccc(Cl)c2N2CCN(C(=O)C(C)C)CC2)c1. The highest BCUT2D eigenvalue weighted by Crippen LogP contribution is 2.35. The highest BCUT2D eigenvalue weighted by molar-refractivity contribution is 6.34. The highest BCUT2D eigenvalue weighted by atomic mass is 35.5. The van der Waals surface area contributed by atoms with Gasteiger partial charge in [-0.15, -0.1) is 0 Å². The van der Waals surface area contributed by atoms with Crippen LogP contribution in [-0.4, -0.2) is 49.5 Å². The van der Waals surface area contributed by atoms with Gasteiger partial charge in [0.05, 0.1) is 23.0 Å². The zero-order valence-corrected chi connectivity index (χ0v) is 19.1. The van der Waals surface area contributed by atoms with Crippen molar-refractivity contribution in [3.05, 3.63) is 53.1 Å². The quantitative estimate of drug-likeness (QED) is 0.674. The van der Waals surface area contributed by atoms with Gasteiger partial charge in [0.15, 0.2) is 0 Å². The van der Waals surface area contributed by atoms with E-state index in [1.165, 1.54) is 0 Å². The van der Waals surface area contributed by atoms with E-state index in [2.05, 4.69) is 10.2 Å². The smallest absolute Gasteiger partial charge is 0.255 e. The number of piperazine rings is 1. The lowest BCUT2D eigenvalue weighted by atomic mass is 10.1. The molecule has 3 rings (SSSR count). The molecule has 31 heavy (non-hydrogen) atoms. The van der Waals surface area contributed by atoms with Crippen molar-refractivity contribution in [3.63, 3.8) is 0 Å². The minimum absolute atomic E-state index is 0.0150. The third-order valence-electron chi connectivity index (χ3n) is 5.21. The van der Waals surface area contributed by atoms with Crippen molar-refractivity contribution in [2.24, 2.45) is 5.92 Å². The van der Waals surface area contributed by atoms with Crippen LogP contribution in [0.5, 0.6) is 5.75 Å². The molecule has 2 amide bonds. The minimum Gasteiger partial charge on any atom is -0.494 e. The van der Waals surface area contributed by atoms with Gasteiger partial charge < -0.3 is 19.9 Å². The van der Waals surface area contributed by atoms with Gasteiger partial charge in [-0.25, -0.2) is 0 Å². The lowest BCUT2D eigenvalue weighted by Gasteiger charge is -2.38. The van der Waals surface area contributed by atoms with Crippen molar-refractivity contribution in [1.82, 2.24) is 4.90 Å². The summed E-state index contributed by atoms with van der Waals surface area (Å²) in [6.07, 6.45) is 0.901. The number of amides is 2. The molecule has 1 saturated heterocycles. The van der Waals surface area contributed by atoms with Gasteiger partial charge in [0, 0.05) is 37.7 Å². The molecule has 1 N–H and O–H groups in total. The van der Waals surface area contributed by atoms with Crippen LogP contribution in [0.15, 0.2) is 42.5 Å². The predicted molar refractivity (Wildman–Crippen MR) is 125 cm³/mol. The Bertz CT molecular complexity index is 924. The van der Waals surface area contributed by atoms with Crippen molar-refractivity contribution in [2.75, 3.05) is 43.0 Å². The number of carbonyl (C=O) groups excluding carboxylic acids is 2. The Hall–Kier alpha value is -2.73. The first-order valence-electron chi connectivity index (χ1n) is 10.8. The van der Waals surface area contributed by atoms with E-state index in [1.54, 1.807) is 12.1 Å². The second-order valence-corrected chi connectivity index (χ2v) is 8.34. The number of hydrogen-bond donors (Lipinski definition) is 1. The van der Waals surface area contributed by atoms with Crippen LogP contribution >= 0.6 is 11.6 Å². The Labute approximate surface area is 189 Å². The average molecular weight is 444 g/mol. The van der Waals surface area contributed by atoms with Crippen molar-refractivity contribution >= 4 is 34.8 Å². The van der Waals surface area contributed by atoms with Gasteiger partial charge in [0.25, 0.3) is 5.91 Å². The number of anilines is 2. The zero-order valence-electron chi connectivity index (χ0n) is 18.4. The maximum atomic E-state index is 12.9. The van der Waals surface area contributed by atoms with E-state index in [-0.39, 0.29) is 17.7 Å². The molecule has 2 aromatic rings. The number of nitrogens with one attached hydrogen (secondary N) is 1. The van der Waals surface area contributed by atoms with Crippen LogP contribution < -0.4 is 15.0 Å². The van der Waals surface area contributed by atoms with E-state index in [4.69, 9.17) is 16.3 Å². The number of halogens is 1. The number of para-hydroxylation sites is 1. The molecule has 0 atom stereocenters. The van der Waals surface area contributed by atoms with Crippen molar-refractivity contribution in [2.45, 2.75) is 27.2 Å². The molecule has 1 aliphatic rings. The summed E-state index contributed by atoms with van der Waals surface area (Å²) in [5.41, 5.74) is 1.96. The first-order valence-corrected chi connectivity index (χ1v) is 11.1. The van der Waals surface area contributed by atoms with E-state index in [0.29, 0.717) is 54.8 Å². The third-order valence-corrected chi connectivity index (χ3v) is 5.51. The third kappa shape index (κ3) is 5.70. The lowest BCUT2D eigenvalue weighted by molar-refractivity contribution is -0.134. The number of rotatable bonds is 7. The monoisotopic (exact) mass is 443 g/mol. The lowest BCUT2D eigenvalue weighted by Crippen LogP contribution is -2.50. The number of carbonyl (C=O) groups is 2. The average Bonchev–Trinajstić information content (AvgIpc) is 2.77. The van der Waals surface area contributed by atoms with E-state index in [1.807, 2.05) is 56.0 Å². The first kappa shape index (κ1) is 22.9. The van der Waals surface area contributed by atoms with Crippen molar-refractivity contribution < 1.29 is 14.3 Å². The second-order valence-electron chi connectivity index (χ2n) is 7.93. The second kappa shape index (κ2) is 10.5. The van der Waals surface area contributed by atoms with Gasteiger partial charge in [-0.3, -0.25) is 9.59 Å². The number of hydrogen-bond acceptors (Lipinski definition) is 4. The normalized spacial score (nSPS) is 14.0. The van der Waals surface area contributed by atoms with Crippen LogP contribution in [0.25, 0.3) is 0 Å². The molecule has 6 nitrogen and oxygen atoms in total. The Morgan fingerprint density at radius 1 is 1.10 bits per heavy atom. The van der Waals surface area contributed by atoms with Crippen LogP contribution in [0.4, 0.5) is 11.4 Å². The molecule has 0 unspecified atom stereocenters. The van der Waals surface area contributed by atoms with Gasteiger partial charge in [-0.1, -0.05) is 44.5 Å². The Morgan fingerprint density at radius 2 is 1.81 bits per heavy atom. The Balaban J connectivity index is 1.75. The molecule has 1 fully saturated rings. The summed E-state index contributed by atoms with van der Waals surface area (Å²) in [5.74, 6) is 0.599. The van der Waals surface area contributed by atoms with E-state index in [0.717, 1.165) is 12.1 Å². The fourth-order valence-electron chi connectivity index (χ4n) is 3.59. The number of nitrogens with zero attached hydrogens (tertiary/aromatic N) is 2. The molecule has 1 heterocycles. The summed E-state index contributed by atoms with van der Waals surface area (Å²) >= 11 is 6.53. The van der Waals surface area contributed by atoms with E-state index >= 15 is 0 Å². The number of ether oxygens (including phenoxy) is 1.